The Morgan fingerprint density at radius 2 is 1.88 bits per heavy atom. The van der Waals surface area contributed by atoms with Crippen molar-refractivity contribution >= 4 is 60.2 Å². The molecule has 0 bridgehead atoms. The molecule has 0 saturated carbocycles. The number of carbonyl (C=O) groups is 1. The Morgan fingerprint density at radius 1 is 1.21 bits per heavy atom. The van der Waals surface area contributed by atoms with E-state index in [1.54, 1.807) is 12.1 Å². The topological polar surface area (TPSA) is 124 Å². The molecule has 7 N–H and O–H groups in total. The van der Waals surface area contributed by atoms with Crippen molar-refractivity contribution in [1.29, 1.82) is 5.41 Å². The molecular weight excluding hydrogens is 551 g/mol. The number of hydrogen-bond acceptors (Lipinski definition) is 5. The number of unbranched alkanes of at least 4 members (excludes halogenated alkanes) is 1. The lowest BCUT2D eigenvalue weighted by atomic mass is 10.0. The molecule has 1 aromatic heterocycles. The second-order valence-corrected chi connectivity index (χ2v) is 11.1. The van der Waals surface area contributed by atoms with E-state index in [1.165, 1.54) is 19.1 Å². The third-order valence-electron chi connectivity index (χ3n) is 7.49. The van der Waals surface area contributed by atoms with Crippen LogP contribution < -0.4 is 32.7 Å². The molecule has 2 aromatic carbocycles. The van der Waals surface area contributed by atoms with Crippen LogP contribution in [0, 0.1) is 5.41 Å². The number of nitrogen functional groups attached to an aromatic ring is 1. The summed E-state index contributed by atoms with van der Waals surface area (Å²) in [5, 5.41) is 14.8. The summed E-state index contributed by atoms with van der Waals surface area (Å²) in [6, 6.07) is 9.54. The molecular formula is C35H49N6OP. The normalized spacial score (nSPS) is 13.6. The highest BCUT2D eigenvalue weighted by Crippen LogP contribution is 2.30. The van der Waals surface area contributed by atoms with E-state index in [2.05, 4.69) is 59.0 Å². The smallest absolute Gasteiger partial charge is 0.267 e. The molecule has 0 radical (unpaired) electrons. The van der Waals surface area contributed by atoms with Crippen molar-refractivity contribution in [2.75, 3.05) is 18.1 Å². The van der Waals surface area contributed by atoms with Gasteiger partial charge in [0.1, 0.15) is 5.70 Å². The molecule has 0 aliphatic heterocycles. The molecule has 2 atom stereocenters. The second kappa shape index (κ2) is 16.5. The lowest BCUT2D eigenvalue weighted by molar-refractivity contribution is -0.113. The van der Waals surface area contributed by atoms with Crippen LogP contribution in [0.3, 0.4) is 0 Å². The molecule has 3 rings (SSSR count). The van der Waals surface area contributed by atoms with E-state index in [0.29, 0.717) is 22.3 Å². The molecule has 3 aromatic rings. The minimum atomic E-state index is -0.552. The average molecular weight is 601 g/mol. The first kappa shape index (κ1) is 35.1. The Morgan fingerprint density at radius 3 is 2.42 bits per heavy atom. The summed E-state index contributed by atoms with van der Waals surface area (Å²) in [7, 11) is 4.60. The summed E-state index contributed by atoms with van der Waals surface area (Å²) in [4.78, 5) is 18.5. The number of nitrogens with two attached hydrogens (primary N) is 2. The molecule has 43 heavy (non-hydrogen) atoms. The van der Waals surface area contributed by atoms with Gasteiger partial charge in [-0.15, -0.1) is 9.24 Å². The van der Waals surface area contributed by atoms with Gasteiger partial charge in [0.05, 0.1) is 11.4 Å². The number of allylic oxidation sites excluding steroid dienone is 4. The molecule has 1 amide bonds. The van der Waals surface area contributed by atoms with Gasteiger partial charge in [-0.2, -0.15) is 0 Å². The first-order valence-electron chi connectivity index (χ1n) is 14.8. The molecule has 0 fully saturated rings. The average Bonchev–Trinajstić information content (AvgIpc) is 3.35. The van der Waals surface area contributed by atoms with Crippen molar-refractivity contribution in [1.82, 2.24) is 9.88 Å². The van der Waals surface area contributed by atoms with Crippen molar-refractivity contribution in [3.63, 3.8) is 0 Å². The van der Waals surface area contributed by atoms with Crippen molar-refractivity contribution in [2.24, 2.45) is 5.73 Å². The Kier molecular flexibility index (Phi) is 13.5. The van der Waals surface area contributed by atoms with Gasteiger partial charge in [-0.1, -0.05) is 70.0 Å². The largest absolute Gasteiger partial charge is 0.398 e. The van der Waals surface area contributed by atoms with Crippen molar-refractivity contribution < 1.29 is 4.79 Å². The van der Waals surface area contributed by atoms with E-state index in [-0.39, 0.29) is 6.04 Å². The summed E-state index contributed by atoms with van der Waals surface area (Å²) in [6.45, 7) is 16.3. The molecule has 230 valence electrons. The minimum Gasteiger partial charge on any atom is -0.398 e. The van der Waals surface area contributed by atoms with Crippen LogP contribution in [0.4, 0.5) is 11.4 Å². The van der Waals surface area contributed by atoms with Gasteiger partial charge in [0, 0.05) is 52.0 Å². The number of aromatic nitrogens is 1. The standard InChI is InChI=1S/C31H39N6OP.C4H10/c1-7-10-20(11-8-2)35-26-16-21(39)12-13-22(26)19(5)37(6)30(31(34)38)29-27(18(4)9-3)28-23(17-32)24(33)14-15-25(28)36-29;1-3-4-2/h7-8,10-17,19,32,35-36H,1,9,33,39H2,2-6H3,(H2,34,38);3-4H2,1-2H3/b11-8-,20-10+,27-18+,30-29+,32-17?;. The predicted molar refractivity (Wildman–Crippen MR) is 191 cm³/mol. The lowest BCUT2D eigenvalue weighted by Gasteiger charge is -2.30. The number of nitrogens with one attached hydrogen (secondary N) is 3. The molecule has 2 unspecified atom stereocenters. The number of nitrogens with zero attached hydrogens (tertiary/aromatic N) is 1. The molecule has 0 spiro atoms. The summed E-state index contributed by atoms with van der Waals surface area (Å²) < 4.78 is 0. The van der Waals surface area contributed by atoms with Crippen LogP contribution >= 0.6 is 9.24 Å². The first-order valence-corrected chi connectivity index (χ1v) is 15.4. The van der Waals surface area contributed by atoms with Gasteiger partial charge in [0.15, 0.2) is 0 Å². The molecule has 7 nitrogen and oxygen atoms in total. The second-order valence-electron chi connectivity index (χ2n) is 10.5. The van der Waals surface area contributed by atoms with Crippen LogP contribution in [0.1, 0.15) is 78.0 Å². The summed E-state index contributed by atoms with van der Waals surface area (Å²) >= 11 is 0. The van der Waals surface area contributed by atoms with Crippen LogP contribution in [0.2, 0.25) is 0 Å². The van der Waals surface area contributed by atoms with E-state index in [0.717, 1.165) is 50.4 Å². The molecule has 0 aliphatic carbocycles. The van der Waals surface area contributed by atoms with E-state index < -0.39 is 5.91 Å². The van der Waals surface area contributed by atoms with Crippen molar-refractivity contribution in [3.8, 4) is 0 Å². The zero-order valence-electron chi connectivity index (χ0n) is 26.8. The fourth-order valence-electron chi connectivity index (χ4n) is 4.79. The number of anilines is 2. The van der Waals surface area contributed by atoms with Crippen molar-refractivity contribution in [2.45, 2.75) is 66.8 Å². The Labute approximate surface area is 259 Å². The van der Waals surface area contributed by atoms with Crippen LogP contribution in [-0.4, -0.2) is 29.1 Å². The maximum Gasteiger partial charge on any atom is 0.267 e. The number of H-pyrrole nitrogens is 1. The van der Waals surface area contributed by atoms with E-state index >= 15 is 0 Å². The molecule has 0 aliphatic rings. The van der Waals surface area contributed by atoms with Crippen LogP contribution in [-0.2, 0) is 4.79 Å². The maximum absolute atomic E-state index is 13.1. The number of benzene rings is 2. The third-order valence-corrected chi connectivity index (χ3v) is 7.85. The number of primary amides is 1. The highest BCUT2D eigenvalue weighted by molar-refractivity contribution is 7.27. The fourth-order valence-corrected chi connectivity index (χ4v) is 5.05. The van der Waals surface area contributed by atoms with Gasteiger partial charge in [-0.25, -0.2) is 0 Å². The number of carbonyl (C=O) groups excluding carboxylic acids is 1. The molecule has 1 heterocycles. The summed E-state index contributed by atoms with van der Waals surface area (Å²) in [6.07, 6.45) is 12.2. The highest BCUT2D eigenvalue weighted by Gasteiger charge is 2.24. The van der Waals surface area contributed by atoms with Crippen LogP contribution in [0.5, 0.6) is 0 Å². The summed E-state index contributed by atoms with van der Waals surface area (Å²) in [5.41, 5.74) is 18.4. The predicted octanol–water partition coefficient (Wildman–Crippen LogP) is 5.98. The molecule has 8 heteroatoms. The monoisotopic (exact) mass is 600 g/mol. The van der Waals surface area contributed by atoms with E-state index in [4.69, 9.17) is 16.9 Å². The van der Waals surface area contributed by atoms with Gasteiger partial charge in [0.25, 0.3) is 5.91 Å². The fraction of sp³-hybridized carbons (Fsp3) is 0.314. The number of hydrogen-bond donors (Lipinski definition) is 5. The Bertz CT molecular complexity index is 1640. The number of aromatic amines is 1. The van der Waals surface area contributed by atoms with E-state index in [9.17, 15) is 4.79 Å². The van der Waals surface area contributed by atoms with Gasteiger partial charge in [-0.05, 0) is 68.4 Å². The van der Waals surface area contributed by atoms with Crippen LogP contribution in [0.25, 0.3) is 22.2 Å². The van der Waals surface area contributed by atoms with Crippen LogP contribution in [0.15, 0.2) is 66.9 Å². The Balaban J connectivity index is 0.00000151. The SMILES string of the molecule is C=C/C=C(\C=C/C)Nc1cc(P)ccc1C(C)N(C)/C(C(N)=O)=c1/[nH]c2ccc(N)c(C=N)c2/c1=C(/C)CC.CCCC. The first-order chi connectivity index (χ1) is 20.5. The minimum absolute atomic E-state index is 0.232. The van der Waals surface area contributed by atoms with Gasteiger partial charge in [0.2, 0.25) is 0 Å². The zero-order chi connectivity index (χ0) is 32.3. The number of likely N-dealkylation sites (N-methyl/N-ethyl adjacent to an activating group) is 1. The zero-order valence-corrected chi connectivity index (χ0v) is 27.9. The highest BCUT2D eigenvalue weighted by atomic mass is 31.0. The lowest BCUT2D eigenvalue weighted by Crippen LogP contribution is -2.40. The number of amides is 1. The maximum atomic E-state index is 13.1. The quantitative estimate of drug-likeness (QED) is 0.0804. The van der Waals surface area contributed by atoms with Gasteiger partial charge >= 0.3 is 0 Å². The van der Waals surface area contributed by atoms with Gasteiger partial charge in [-0.3, -0.25) is 4.79 Å². The number of rotatable bonds is 11. The third kappa shape index (κ3) is 8.26. The van der Waals surface area contributed by atoms with Crippen molar-refractivity contribution in [3.05, 3.63) is 88.6 Å². The van der Waals surface area contributed by atoms with E-state index in [1.807, 2.05) is 63.1 Å². The Hall–Kier alpha value is -4.09. The summed E-state index contributed by atoms with van der Waals surface area (Å²) in [5.74, 6) is -0.552. The molecule has 0 saturated heterocycles. The van der Waals surface area contributed by atoms with Gasteiger partial charge < -0.3 is 32.1 Å². The number of fused-ring (bicyclic) bond motifs is 1.